The van der Waals surface area contributed by atoms with Gasteiger partial charge < -0.3 is 47.1 Å². The highest BCUT2D eigenvalue weighted by atomic mass is 16.6. The molecule has 10 N–H and O–H groups in total. The smallest absolute Gasteiger partial charge is 0.332 e. The Hall–Kier alpha value is -2.69. The average molecular weight is 508 g/mol. The number of hydrogen-bond donors (Lipinski definition) is 7. The zero-order valence-electron chi connectivity index (χ0n) is 20.4. The number of carbonyl (C=O) groups excluding carboxylic acids is 3. The third-order valence-electron chi connectivity index (χ3n) is 5.84. The number of aliphatic carboxylic acids is 2. The zero-order valence-corrected chi connectivity index (χ0v) is 19.4. The number of amides is 3. The number of imide groups is 1. The van der Waals surface area contributed by atoms with E-state index in [0.29, 0.717) is 4.90 Å². The first-order valence-electron chi connectivity index (χ1n) is 11.4. The first-order chi connectivity index (χ1) is 16.7. The SMILES string of the molecule is [2H]CC[C@H](N)C(=O)N(C(C)=O)[C@@](CCC(=O)O)(C(N)=O)C1O[C@H](CO)[C@@H](O)[C@H](O[C@H](C)C(=O)O)[C@H]1N. The lowest BCUT2D eigenvalue weighted by molar-refractivity contribution is -0.237. The number of aliphatic hydroxyl groups is 2. The van der Waals surface area contributed by atoms with E-state index in [9.17, 15) is 44.4 Å². The van der Waals surface area contributed by atoms with Gasteiger partial charge in [-0.3, -0.25) is 24.1 Å². The predicted molar refractivity (Wildman–Crippen MR) is 116 cm³/mol. The maximum Gasteiger partial charge on any atom is 0.332 e. The zero-order chi connectivity index (χ0) is 28.0. The van der Waals surface area contributed by atoms with Crippen LogP contribution in [0.4, 0.5) is 0 Å². The highest BCUT2D eigenvalue weighted by Crippen LogP contribution is 2.37. The summed E-state index contributed by atoms with van der Waals surface area (Å²) in [5, 5.41) is 38.9. The van der Waals surface area contributed by atoms with Gasteiger partial charge in [-0.2, -0.15) is 0 Å². The molecule has 1 aliphatic rings. The van der Waals surface area contributed by atoms with Gasteiger partial charge in [0.15, 0.2) is 11.6 Å². The molecule has 0 aromatic carbocycles. The number of nitrogens with zero attached hydrogens (tertiary/aromatic N) is 1. The van der Waals surface area contributed by atoms with Crippen LogP contribution in [0.2, 0.25) is 0 Å². The van der Waals surface area contributed by atoms with Crippen molar-refractivity contribution in [1.82, 2.24) is 4.90 Å². The van der Waals surface area contributed by atoms with Gasteiger partial charge in [0.25, 0.3) is 0 Å². The maximum absolute atomic E-state index is 13.2. The number of nitrogens with two attached hydrogens (primary N) is 3. The summed E-state index contributed by atoms with van der Waals surface area (Å²) in [4.78, 5) is 62.1. The van der Waals surface area contributed by atoms with Crippen LogP contribution in [0.1, 0.15) is 41.4 Å². The number of aliphatic hydroxyl groups excluding tert-OH is 2. The second-order valence-corrected chi connectivity index (χ2v) is 8.20. The minimum absolute atomic E-state index is 0.228. The molecule has 1 saturated heterocycles. The third-order valence-corrected chi connectivity index (χ3v) is 5.84. The van der Waals surface area contributed by atoms with Crippen LogP contribution < -0.4 is 17.2 Å². The summed E-state index contributed by atoms with van der Waals surface area (Å²) in [6.45, 7) is 0.790. The van der Waals surface area contributed by atoms with Crippen LogP contribution in [-0.2, 0) is 33.4 Å². The van der Waals surface area contributed by atoms with Crippen molar-refractivity contribution in [1.29, 1.82) is 0 Å². The number of hydrogen-bond acceptors (Lipinski definition) is 11. The van der Waals surface area contributed by atoms with E-state index in [1.807, 2.05) is 0 Å². The Morgan fingerprint density at radius 2 is 1.86 bits per heavy atom. The van der Waals surface area contributed by atoms with Gasteiger partial charge >= 0.3 is 11.9 Å². The minimum atomic E-state index is -2.61. The van der Waals surface area contributed by atoms with E-state index in [0.717, 1.165) is 13.8 Å². The fourth-order valence-corrected chi connectivity index (χ4v) is 3.99. The fraction of sp³-hybridized carbons (Fsp3) is 0.750. The van der Waals surface area contributed by atoms with Crippen molar-refractivity contribution in [2.45, 2.75) is 88.2 Å². The van der Waals surface area contributed by atoms with Crippen molar-refractivity contribution in [3.05, 3.63) is 0 Å². The summed E-state index contributed by atoms with van der Waals surface area (Å²) >= 11 is 0. The highest BCUT2D eigenvalue weighted by molar-refractivity contribution is 6.03. The molecule has 0 saturated carbocycles. The minimum Gasteiger partial charge on any atom is -0.481 e. The largest absolute Gasteiger partial charge is 0.481 e. The second-order valence-electron chi connectivity index (χ2n) is 8.20. The van der Waals surface area contributed by atoms with Crippen molar-refractivity contribution in [3.8, 4) is 0 Å². The molecule has 1 fully saturated rings. The molecule has 35 heavy (non-hydrogen) atoms. The van der Waals surface area contributed by atoms with E-state index in [1.54, 1.807) is 0 Å². The number of carboxylic acids is 2. The van der Waals surface area contributed by atoms with E-state index in [-0.39, 0.29) is 13.3 Å². The van der Waals surface area contributed by atoms with Crippen LogP contribution in [0.3, 0.4) is 0 Å². The Balaban J connectivity index is 3.82. The predicted octanol–water partition coefficient (Wildman–Crippen LogP) is -3.51. The number of ether oxygens (including phenoxy) is 2. The standard InChI is InChI=1S/C20H34N4O11/c1-4-10(21)17(30)24(9(3)26)20(19(23)33,6-5-12(27)28)16-13(22)15(34-8(2)18(31)32)14(29)11(7-25)35-16/h8,10-11,13-16,25,29H,4-7,21-22H2,1-3H3,(H2,23,33)(H,27,28)(H,31,32)/t8-,10+,11-,13-,14-,15-,16?,20-/m1/s1/i1D. The Labute approximate surface area is 202 Å². The van der Waals surface area contributed by atoms with E-state index < -0.39 is 97.3 Å². The van der Waals surface area contributed by atoms with Gasteiger partial charge in [0, 0.05) is 14.7 Å². The summed E-state index contributed by atoms with van der Waals surface area (Å²) in [7, 11) is 0. The van der Waals surface area contributed by atoms with Crippen molar-refractivity contribution in [3.63, 3.8) is 0 Å². The molecule has 0 bridgehead atoms. The molecule has 1 aliphatic heterocycles. The van der Waals surface area contributed by atoms with Gasteiger partial charge in [0.1, 0.15) is 24.4 Å². The number of carbonyl (C=O) groups is 5. The van der Waals surface area contributed by atoms with Crippen LogP contribution in [0.15, 0.2) is 0 Å². The first-order valence-corrected chi connectivity index (χ1v) is 10.7. The molecule has 0 radical (unpaired) electrons. The van der Waals surface area contributed by atoms with Crippen molar-refractivity contribution >= 4 is 29.7 Å². The van der Waals surface area contributed by atoms with E-state index in [4.69, 9.17) is 28.0 Å². The molecule has 200 valence electrons. The summed E-state index contributed by atoms with van der Waals surface area (Å²) in [6, 6.07) is -3.12. The Kier molecular flexibility index (Phi) is 10.1. The van der Waals surface area contributed by atoms with Crippen molar-refractivity contribution in [2.75, 3.05) is 6.61 Å². The number of carboxylic acid groups (broad SMARTS) is 2. The monoisotopic (exact) mass is 507 g/mol. The highest BCUT2D eigenvalue weighted by Gasteiger charge is 2.61. The summed E-state index contributed by atoms with van der Waals surface area (Å²) in [6.07, 6.45) is -10.2. The van der Waals surface area contributed by atoms with Gasteiger partial charge in [-0.25, -0.2) is 4.79 Å². The molecule has 1 unspecified atom stereocenters. The quantitative estimate of drug-likeness (QED) is 0.135. The van der Waals surface area contributed by atoms with Gasteiger partial charge in [-0.05, 0) is 19.8 Å². The molecular weight excluding hydrogens is 472 g/mol. The van der Waals surface area contributed by atoms with Gasteiger partial charge in [0.2, 0.25) is 17.7 Å². The third kappa shape index (κ3) is 6.31. The molecule has 15 nitrogen and oxygen atoms in total. The van der Waals surface area contributed by atoms with Crippen LogP contribution >= 0.6 is 0 Å². The van der Waals surface area contributed by atoms with E-state index >= 15 is 0 Å². The van der Waals surface area contributed by atoms with Gasteiger partial charge in [0.05, 0.1) is 18.7 Å². The molecule has 1 heterocycles. The van der Waals surface area contributed by atoms with Crippen LogP contribution in [0, 0.1) is 0 Å². The number of primary amides is 1. The Bertz CT molecular complexity index is 846. The van der Waals surface area contributed by atoms with Gasteiger partial charge in [-0.1, -0.05) is 6.90 Å². The second kappa shape index (κ2) is 12.3. The van der Waals surface area contributed by atoms with E-state index in [1.165, 1.54) is 0 Å². The first kappa shape index (κ1) is 28.5. The molecule has 3 amide bonds. The molecule has 1 rings (SSSR count). The normalized spacial score (nSPS) is 28.2. The molecule has 8 atom stereocenters. The lowest BCUT2D eigenvalue weighted by atomic mass is 9.76. The molecule has 0 aliphatic carbocycles. The van der Waals surface area contributed by atoms with Gasteiger partial charge in [-0.15, -0.1) is 0 Å². The van der Waals surface area contributed by atoms with Crippen LogP contribution in [-0.4, -0.2) is 110 Å². The summed E-state index contributed by atoms with van der Waals surface area (Å²) in [5.74, 6) is -6.54. The molecule has 0 spiro atoms. The average Bonchev–Trinajstić information content (AvgIpc) is 2.78. The van der Waals surface area contributed by atoms with Crippen molar-refractivity contribution < 1.29 is 55.2 Å². The number of rotatable bonds is 12. The maximum atomic E-state index is 13.2. The Morgan fingerprint density at radius 1 is 1.26 bits per heavy atom. The molecule has 0 aromatic rings. The molecule has 15 heteroatoms. The summed E-state index contributed by atoms with van der Waals surface area (Å²) in [5.41, 5.74) is 15.1. The fourth-order valence-electron chi connectivity index (χ4n) is 3.99. The molecule has 0 aromatic heterocycles. The Morgan fingerprint density at radius 3 is 2.29 bits per heavy atom. The lowest BCUT2D eigenvalue weighted by Crippen LogP contribution is -2.77. The molecular formula is C20H34N4O11. The van der Waals surface area contributed by atoms with Crippen LogP contribution in [0.25, 0.3) is 0 Å². The van der Waals surface area contributed by atoms with Crippen LogP contribution in [0.5, 0.6) is 0 Å². The van der Waals surface area contributed by atoms with Crippen molar-refractivity contribution in [2.24, 2.45) is 17.2 Å². The lowest BCUT2D eigenvalue weighted by Gasteiger charge is -2.52. The topological polar surface area (TPSA) is 266 Å². The van der Waals surface area contributed by atoms with E-state index in [2.05, 4.69) is 0 Å². The summed E-state index contributed by atoms with van der Waals surface area (Å²) < 4.78 is 18.3.